The SMILES string of the molecule is CS(=O)(=O)N(Cc1cccc(Cl)c1Cl)c1ccc(C(=O)NCCCCCN)cc1. The van der Waals surface area contributed by atoms with Gasteiger partial charge in [-0.15, -0.1) is 0 Å². The number of unbranched alkanes of at least 4 members (excludes halogenated alkanes) is 2. The van der Waals surface area contributed by atoms with Gasteiger partial charge in [-0.05, 0) is 55.3 Å². The normalized spacial score (nSPS) is 11.3. The largest absolute Gasteiger partial charge is 0.352 e. The molecule has 0 spiro atoms. The van der Waals surface area contributed by atoms with E-state index in [2.05, 4.69) is 5.32 Å². The van der Waals surface area contributed by atoms with E-state index in [1.807, 2.05) is 0 Å². The van der Waals surface area contributed by atoms with E-state index in [0.29, 0.717) is 39.9 Å². The summed E-state index contributed by atoms with van der Waals surface area (Å²) in [6.07, 6.45) is 3.88. The van der Waals surface area contributed by atoms with Gasteiger partial charge in [-0.1, -0.05) is 41.8 Å². The number of amides is 1. The Labute approximate surface area is 182 Å². The second-order valence-electron chi connectivity index (χ2n) is 6.63. The summed E-state index contributed by atoms with van der Waals surface area (Å²) in [7, 11) is -3.58. The van der Waals surface area contributed by atoms with Gasteiger partial charge < -0.3 is 11.1 Å². The summed E-state index contributed by atoms with van der Waals surface area (Å²) in [5.41, 5.74) is 6.93. The maximum absolute atomic E-state index is 12.3. The molecule has 29 heavy (non-hydrogen) atoms. The van der Waals surface area contributed by atoms with Gasteiger partial charge in [0, 0.05) is 12.1 Å². The highest BCUT2D eigenvalue weighted by molar-refractivity contribution is 7.92. The molecule has 9 heteroatoms. The van der Waals surface area contributed by atoms with Crippen molar-refractivity contribution in [1.82, 2.24) is 5.32 Å². The van der Waals surface area contributed by atoms with Crippen molar-refractivity contribution in [2.75, 3.05) is 23.7 Å². The predicted molar refractivity (Wildman–Crippen MR) is 119 cm³/mol. The zero-order chi connectivity index (χ0) is 21.4. The lowest BCUT2D eigenvalue weighted by molar-refractivity contribution is 0.0953. The molecule has 6 nitrogen and oxygen atoms in total. The second-order valence-corrected chi connectivity index (χ2v) is 9.33. The molecule has 0 aromatic heterocycles. The molecule has 2 rings (SSSR count). The summed E-state index contributed by atoms with van der Waals surface area (Å²) in [4.78, 5) is 12.2. The minimum atomic E-state index is -3.58. The highest BCUT2D eigenvalue weighted by Gasteiger charge is 2.20. The third-order valence-electron chi connectivity index (χ3n) is 4.33. The third-order valence-corrected chi connectivity index (χ3v) is 6.33. The monoisotopic (exact) mass is 457 g/mol. The fourth-order valence-electron chi connectivity index (χ4n) is 2.75. The first-order chi connectivity index (χ1) is 13.7. The Balaban J connectivity index is 2.13. The Hall–Kier alpha value is -1.80. The molecule has 1 amide bonds. The first kappa shape index (κ1) is 23.5. The molecule has 2 aromatic rings. The first-order valence-corrected chi connectivity index (χ1v) is 11.8. The molecule has 0 saturated heterocycles. The maximum atomic E-state index is 12.3. The van der Waals surface area contributed by atoms with Gasteiger partial charge in [-0.2, -0.15) is 0 Å². The van der Waals surface area contributed by atoms with E-state index in [0.717, 1.165) is 25.5 Å². The van der Waals surface area contributed by atoms with Crippen molar-refractivity contribution in [3.63, 3.8) is 0 Å². The summed E-state index contributed by atoms with van der Waals surface area (Å²) in [5, 5.41) is 3.52. The molecule has 2 aromatic carbocycles. The smallest absolute Gasteiger partial charge is 0.251 e. The lowest BCUT2D eigenvalue weighted by Gasteiger charge is -2.23. The average Bonchev–Trinajstić information content (AvgIpc) is 2.68. The van der Waals surface area contributed by atoms with Crippen LogP contribution in [-0.4, -0.2) is 33.7 Å². The number of anilines is 1. The van der Waals surface area contributed by atoms with Crippen LogP contribution in [0.4, 0.5) is 5.69 Å². The van der Waals surface area contributed by atoms with Gasteiger partial charge in [-0.3, -0.25) is 9.10 Å². The number of carbonyl (C=O) groups is 1. The molecule has 0 fully saturated rings. The summed E-state index contributed by atoms with van der Waals surface area (Å²) in [5.74, 6) is -0.201. The zero-order valence-electron chi connectivity index (χ0n) is 16.2. The fourth-order valence-corrected chi connectivity index (χ4v) is 4.01. The van der Waals surface area contributed by atoms with E-state index in [1.165, 1.54) is 4.31 Å². The van der Waals surface area contributed by atoms with Crippen molar-refractivity contribution in [3.8, 4) is 0 Å². The number of halogens is 2. The topological polar surface area (TPSA) is 92.5 Å². The molecule has 3 N–H and O–H groups in total. The number of nitrogens with two attached hydrogens (primary N) is 1. The average molecular weight is 458 g/mol. The van der Waals surface area contributed by atoms with E-state index in [1.54, 1.807) is 42.5 Å². The van der Waals surface area contributed by atoms with Gasteiger partial charge in [0.1, 0.15) is 0 Å². The van der Waals surface area contributed by atoms with Crippen LogP contribution < -0.4 is 15.4 Å². The van der Waals surface area contributed by atoms with E-state index >= 15 is 0 Å². The van der Waals surface area contributed by atoms with Crippen LogP contribution >= 0.6 is 23.2 Å². The van der Waals surface area contributed by atoms with Crippen LogP contribution in [0.1, 0.15) is 35.2 Å². The Morgan fingerprint density at radius 3 is 2.38 bits per heavy atom. The molecule has 158 valence electrons. The molecule has 0 heterocycles. The highest BCUT2D eigenvalue weighted by Crippen LogP contribution is 2.29. The summed E-state index contributed by atoms with van der Waals surface area (Å²) in [6, 6.07) is 11.5. The quantitative estimate of drug-likeness (QED) is 0.530. The highest BCUT2D eigenvalue weighted by atomic mass is 35.5. The first-order valence-electron chi connectivity index (χ1n) is 9.23. The van der Waals surface area contributed by atoms with Crippen molar-refractivity contribution in [2.24, 2.45) is 5.73 Å². The molecule has 0 aliphatic carbocycles. The van der Waals surface area contributed by atoms with Gasteiger partial charge >= 0.3 is 0 Å². The van der Waals surface area contributed by atoms with Gasteiger partial charge in [0.25, 0.3) is 5.91 Å². The van der Waals surface area contributed by atoms with Crippen LogP contribution in [0.15, 0.2) is 42.5 Å². The third kappa shape index (κ3) is 6.89. The van der Waals surface area contributed by atoms with E-state index in [4.69, 9.17) is 28.9 Å². The summed E-state index contributed by atoms with van der Waals surface area (Å²) >= 11 is 12.2. The molecular formula is C20H25Cl2N3O3S. The van der Waals surface area contributed by atoms with Crippen molar-refractivity contribution >= 4 is 44.8 Å². The standard InChI is InChI=1S/C20H25Cl2N3O3S/c1-29(27,28)25(14-16-6-5-7-18(21)19(16)22)17-10-8-15(9-11-17)20(26)24-13-4-2-3-12-23/h5-11H,2-4,12-14,23H2,1H3,(H,24,26). The van der Waals surface area contributed by atoms with Crippen LogP contribution in [0.2, 0.25) is 10.0 Å². The van der Waals surface area contributed by atoms with E-state index < -0.39 is 10.0 Å². The van der Waals surface area contributed by atoms with Crippen LogP contribution in [0.5, 0.6) is 0 Å². The molecular weight excluding hydrogens is 433 g/mol. The second kappa shape index (κ2) is 10.8. The fraction of sp³-hybridized carbons (Fsp3) is 0.350. The molecule has 0 aliphatic heterocycles. The summed E-state index contributed by atoms with van der Waals surface area (Å²) < 4.78 is 25.9. The Bertz CT molecular complexity index is 934. The number of carbonyl (C=O) groups excluding carboxylic acids is 1. The maximum Gasteiger partial charge on any atom is 0.251 e. The van der Waals surface area contributed by atoms with Crippen LogP contribution in [0.3, 0.4) is 0 Å². The number of nitrogens with zero attached hydrogens (tertiary/aromatic N) is 1. The number of rotatable bonds is 10. The molecule has 0 aliphatic rings. The molecule has 0 unspecified atom stereocenters. The molecule has 0 saturated carbocycles. The number of hydrogen-bond donors (Lipinski definition) is 2. The van der Waals surface area contributed by atoms with E-state index in [-0.39, 0.29) is 12.5 Å². The van der Waals surface area contributed by atoms with Crippen molar-refractivity contribution in [1.29, 1.82) is 0 Å². The zero-order valence-corrected chi connectivity index (χ0v) is 18.5. The Morgan fingerprint density at radius 2 is 1.76 bits per heavy atom. The van der Waals surface area contributed by atoms with Gasteiger partial charge in [0.15, 0.2) is 0 Å². The van der Waals surface area contributed by atoms with E-state index in [9.17, 15) is 13.2 Å². The van der Waals surface area contributed by atoms with Gasteiger partial charge in [0.2, 0.25) is 10.0 Å². The molecule has 0 atom stereocenters. The Morgan fingerprint density at radius 1 is 1.07 bits per heavy atom. The van der Waals surface area contributed by atoms with Crippen LogP contribution in [0, 0.1) is 0 Å². The minimum Gasteiger partial charge on any atom is -0.352 e. The summed E-state index contributed by atoms with van der Waals surface area (Å²) in [6.45, 7) is 1.25. The number of nitrogens with one attached hydrogen (secondary N) is 1. The molecule has 0 radical (unpaired) electrons. The number of hydrogen-bond acceptors (Lipinski definition) is 4. The van der Waals surface area contributed by atoms with Crippen molar-refractivity contribution in [3.05, 3.63) is 63.6 Å². The molecule has 0 bridgehead atoms. The minimum absolute atomic E-state index is 0.0327. The van der Waals surface area contributed by atoms with Crippen LogP contribution in [-0.2, 0) is 16.6 Å². The van der Waals surface area contributed by atoms with Gasteiger partial charge in [0.05, 0.1) is 28.5 Å². The predicted octanol–water partition coefficient (Wildman–Crippen LogP) is 3.82. The number of sulfonamides is 1. The number of benzene rings is 2. The van der Waals surface area contributed by atoms with Gasteiger partial charge in [-0.25, -0.2) is 8.42 Å². The Kier molecular flexibility index (Phi) is 8.77. The lowest BCUT2D eigenvalue weighted by atomic mass is 10.1. The van der Waals surface area contributed by atoms with Crippen molar-refractivity contribution < 1.29 is 13.2 Å². The lowest BCUT2D eigenvalue weighted by Crippen LogP contribution is -2.29. The van der Waals surface area contributed by atoms with Crippen molar-refractivity contribution in [2.45, 2.75) is 25.8 Å². The van der Waals surface area contributed by atoms with Crippen LogP contribution in [0.25, 0.3) is 0 Å².